The number of rotatable bonds is 6. The third kappa shape index (κ3) is 6.03. The molecule has 3 nitrogen and oxygen atoms in total. The van der Waals surface area contributed by atoms with Crippen LogP contribution in [0.4, 0.5) is 0 Å². The summed E-state index contributed by atoms with van der Waals surface area (Å²) in [4.78, 5) is 5.23. The molecular formula is C65H41N3. The molecule has 3 heteroatoms. The van der Waals surface area contributed by atoms with Crippen LogP contribution in [0.3, 0.4) is 0 Å². The third-order valence-electron chi connectivity index (χ3n) is 14.1. The minimum atomic E-state index is 1.01. The summed E-state index contributed by atoms with van der Waals surface area (Å²) >= 11 is 0. The van der Waals surface area contributed by atoms with Crippen molar-refractivity contribution < 1.29 is 0 Å². The van der Waals surface area contributed by atoms with Crippen LogP contribution in [0.2, 0.25) is 0 Å². The molecule has 0 spiro atoms. The highest BCUT2D eigenvalue weighted by Gasteiger charge is 2.18. The lowest BCUT2D eigenvalue weighted by Crippen LogP contribution is -1.94. The van der Waals surface area contributed by atoms with Crippen LogP contribution < -0.4 is 0 Å². The number of aromatic nitrogens is 3. The van der Waals surface area contributed by atoms with Crippen LogP contribution in [0.15, 0.2) is 249 Å². The maximum atomic E-state index is 5.23. The molecule has 0 aliphatic heterocycles. The zero-order valence-electron chi connectivity index (χ0n) is 37.0. The van der Waals surface area contributed by atoms with Crippen molar-refractivity contribution in [1.29, 1.82) is 0 Å². The predicted molar refractivity (Wildman–Crippen MR) is 287 cm³/mol. The Hall–Kier alpha value is -9.05. The number of fused-ring (bicyclic) bond motifs is 11. The highest BCUT2D eigenvalue weighted by molar-refractivity contribution is 6.22. The summed E-state index contributed by atoms with van der Waals surface area (Å²) in [6.07, 6.45) is 0. The number of para-hydroxylation sites is 4. The van der Waals surface area contributed by atoms with Gasteiger partial charge < -0.3 is 9.13 Å². The first kappa shape index (κ1) is 38.2. The predicted octanol–water partition coefficient (Wildman–Crippen LogP) is 17.4. The smallest absolute Gasteiger partial charge is 0.0788 e. The zero-order valence-corrected chi connectivity index (χ0v) is 37.0. The van der Waals surface area contributed by atoms with Gasteiger partial charge in [0, 0.05) is 54.6 Å². The van der Waals surface area contributed by atoms with Gasteiger partial charge in [0.25, 0.3) is 0 Å². The number of hydrogen-bond acceptors (Lipinski definition) is 1. The lowest BCUT2D eigenvalue weighted by atomic mass is 9.94. The monoisotopic (exact) mass is 863 g/mol. The Morgan fingerprint density at radius 2 is 0.721 bits per heavy atom. The summed E-state index contributed by atoms with van der Waals surface area (Å²) in [6.45, 7) is 0. The third-order valence-corrected chi connectivity index (χ3v) is 14.1. The molecular weight excluding hydrogens is 823 g/mol. The van der Waals surface area contributed by atoms with E-state index < -0.39 is 0 Å². The van der Waals surface area contributed by atoms with E-state index in [0.717, 1.165) is 22.5 Å². The first-order valence-corrected chi connectivity index (χ1v) is 23.4. The highest BCUT2D eigenvalue weighted by atomic mass is 15.0. The van der Waals surface area contributed by atoms with Crippen LogP contribution in [0.5, 0.6) is 0 Å². The molecule has 68 heavy (non-hydrogen) atoms. The van der Waals surface area contributed by atoms with Crippen molar-refractivity contribution in [2.45, 2.75) is 0 Å². The van der Waals surface area contributed by atoms with Gasteiger partial charge in [-0.1, -0.05) is 182 Å². The fraction of sp³-hybridized carbons (Fsp3) is 0. The van der Waals surface area contributed by atoms with Gasteiger partial charge in [-0.25, -0.2) is 4.98 Å². The van der Waals surface area contributed by atoms with Crippen molar-refractivity contribution in [1.82, 2.24) is 14.1 Å². The molecule has 0 unspecified atom stereocenters. The second kappa shape index (κ2) is 15.3. The van der Waals surface area contributed by atoms with Gasteiger partial charge in [-0.2, -0.15) is 0 Å². The Bertz CT molecular complexity index is 4270. The van der Waals surface area contributed by atoms with Crippen LogP contribution in [-0.2, 0) is 0 Å². The molecule has 0 atom stereocenters. The largest absolute Gasteiger partial charge is 0.309 e. The van der Waals surface area contributed by atoms with Crippen LogP contribution in [0.1, 0.15) is 0 Å². The first-order chi connectivity index (χ1) is 33.7. The molecule has 3 heterocycles. The van der Waals surface area contributed by atoms with Crippen LogP contribution in [-0.4, -0.2) is 14.1 Å². The van der Waals surface area contributed by atoms with E-state index in [1.165, 1.54) is 110 Å². The van der Waals surface area contributed by atoms with Gasteiger partial charge >= 0.3 is 0 Å². The summed E-state index contributed by atoms with van der Waals surface area (Å²) in [5.74, 6) is 0. The molecule has 14 aromatic rings. The summed E-state index contributed by atoms with van der Waals surface area (Å²) in [5, 5.41) is 11.1. The molecule has 0 aliphatic carbocycles. The minimum Gasteiger partial charge on any atom is -0.309 e. The average Bonchev–Trinajstić information content (AvgIpc) is 3.93. The fourth-order valence-electron chi connectivity index (χ4n) is 10.9. The molecule has 3 aromatic heterocycles. The van der Waals surface area contributed by atoms with E-state index in [9.17, 15) is 0 Å². The maximum Gasteiger partial charge on any atom is 0.0788 e. The molecule has 0 radical (unpaired) electrons. The first-order valence-electron chi connectivity index (χ1n) is 23.4. The Labute approximate surface area is 393 Å². The van der Waals surface area contributed by atoms with Crippen LogP contribution >= 0.6 is 0 Å². The van der Waals surface area contributed by atoms with Crippen molar-refractivity contribution >= 4 is 76.1 Å². The minimum absolute atomic E-state index is 1.01. The number of pyridine rings is 1. The van der Waals surface area contributed by atoms with Gasteiger partial charge in [-0.3, -0.25) is 0 Å². The second-order valence-electron chi connectivity index (χ2n) is 17.9. The normalized spacial score (nSPS) is 11.8. The van der Waals surface area contributed by atoms with Crippen molar-refractivity contribution in [2.24, 2.45) is 0 Å². The van der Waals surface area contributed by atoms with Crippen molar-refractivity contribution in [3.8, 4) is 56.0 Å². The Morgan fingerprint density at radius 1 is 0.250 bits per heavy atom. The van der Waals surface area contributed by atoms with Gasteiger partial charge in [0.2, 0.25) is 0 Å². The summed E-state index contributed by atoms with van der Waals surface area (Å²) in [5.41, 5.74) is 17.4. The van der Waals surface area contributed by atoms with Crippen molar-refractivity contribution in [2.75, 3.05) is 0 Å². The van der Waals surface area contributed by atoms with E-state index in [2.05, 4.69) is 258 Å². The van der Waals surface area contributed by atoms with Gasteiger partial charge in [0.15, 0.2) is 0 Å². The van der Waals surface area contributed by atoms with Gasteiger partial charge in [0.05, 0.1) is 33.3 Å². The Morgan fingerprint density at radius 3 is 1.38 bits per heavy atom. The van der Waals surface area contributed by atoms with E-state index in [-0.39, 0.29) is 0 Å². The lowest BCUT2D eigenvalue weighted by Gasteiger charge is -2.13. The van der Waals surface area contributed by atoms with Crippen molar-refractivity contribution in [3.63, 3.8) is 0 Å². The highest BCUT2D eigenvalue weighted by Crippen LogP contribution is 2.41. The van der Waals surface area contributed by atoms with E-state index in [4.69, 9.17) is 4.98 Å². The molecule has 0 N–H and O–H groups in total. The Kier molecular flexibility index (Phi) is 8.59. The number of hydrogen-bond donors (Lipinski definition) is 0. The number of nitrogens with zero attached hydrogens (tertiary/aromatic N) is 3. The summed E-state index contributed by atoms with van der Waals surface area (Å²) in [6, 6.07) is 90.5. The van der Waals surface area contributed by atoms with E-state index in [1.54, 1.807) is 0 Å². The fourth-order valence-corrected chi connectivity index (χ4v) is 10.9. The molecule has 11 aromatic carbocycles. The van der Waals surface area contributed by atoms with E-state index in [1.807, 2.05) is 0 Å². The molecule has 0 saturated heterocycles. The number of benzene rings is 11. The lowest BCUT2D eigenvalue weighted by molar-refractivity contribution is 1.18. The van der Waals surface area contributed by atoms with Gasteiger partial charge in [0.1, 0.15) is 0 Å². The maximum absolute atomic E-state index is 5.23. The van der Waals surface area contributed by atoms with Crippen LogP contribution in [0.25, 0.3) is 132 Å². The van der Waals surface area contributed by atoms with E-state index in [0.29, 0.717) is 0 Å². The zero-order chi connectivity index (χ0) is 44.7. The molecule has 0 aliphatic rings. The quantitative estimate of drug-likeness (QED) is 0.153. The molecule has 0 amide bonds. The topological polar surface area (TPSA) is 22.8 Å². The van der Waals surface area contributed by atoms with E-state index >= 15 is 0 Å². The SMILES string of the molecule is c1ccc(-n2c3ccccc3c3cc(-c4ccc5c(c4)c4ccccc4n5-c4cccc(-c5ccc(-c6ccc(-c7nc8ccccc8c8c7ccc7ccccc78)cc6)cc5)c4)ccc32)cc1. The summed E-state index contributed by atoms with van der Waals surface area (Å²) in [7, 11) is 0. The molecule has 14 rings (SSSR count). The van der Waals surface area contributed by atoms with Gasteiger partial charge in [-0.15, -0.1) is 0 Å². The standard InChI is InChI=1S/C65H41N3/c1-2-15-50(16-3-1)67-60-23-10-7-19-53(60)57-40-48(34-37-62(57)67)49-35-38-63-58(41-49)54-20-8-11-24-61(54)68(63)51-17-12-14-47(39-51)44-27-25-42(26-28-44)43-29-31-46(32-30-43)65-56-36-33-45-13-4-5-18-52(45)64(56)55-21-6-9-22-59(55)66-65/h1-41H. The molecule has 0 saturated carbocycles. The van der Waals surface area contributed by atoms with Gasteiger partial charge in [-0.05, 0) is 111 Å². The molecule has 316 valence electrons. The molecule has 0 fully saturated rings. The summed E-state index contributed by atoms with van der Waals surface area (Å²) < 4.78 is 4.79. The average molecular weight is 864 g/mol. The van der Waals surface area contributed by atoms with Crippen LogP contribution in [0, 0.1) is 0 Å². The Balaban J connectivity index is 0.792. The molecule has 0 bridgehead atoms. The van der Waals surface area contributed by atoms with Crippen molar-refractivity contribution in [3.05, 3.63) is 249 Å². The second-order valence-corrected chi connectivity index (χ2v) is 17.9.